The molecule has 0 radical (unpaired) electrons. The Bertz CT molecular complexity index is 472. The van der Waals surface area contributed by atoms with Crippen molar-refractivity contribution in [3.63, 3.8) is 0 Å². The van der Waals surface area contributed by atoms with E-state index in [2.05, 4.69) is 22.1 Å². The molecule has 0 aromatic carbocycles. The molecular weight excluding hydrogens is 256 g/mol. The van der Waals surface area contributed by atoms with Crippen molar-refractivity contribution in [2.75, 3.05) is 31.5 Å². The number of anilines is 1. The van der Waals surface area contributed by atoms with Gasteiger partial charge in [-0.1, -0.05) is 6.92 Å². The Balaban J connectivity index is 1.92. The van der Waals surface area contributed by atoms with E-state index in [0.717, 1.165) is 12.2 Å². The van der Waals surface area contributed by atoms with E-state index in [0.29, 0.717) is 18.3 Å². The highest BCUT2D eigenvalue weighted by Gasteiger charge is 2.18. The molecule has 1 saturated heterocycles. The maximum atomic E-state index is 11.0. The van der Waals surface area contributed by atoms with Crippen LogP contribution in [0.3, 0.4) is 0 Å². The Kier molecular flexibility index (Phi) is 4.89. The minimum Gasteiger partial charge on any atom is -0.364 e. The number of hydrogen-bond acceptors (Lipinski definition) is 5. The van der Waals surface area contributed by atoms with Crippen molar-refractivity contribution < 1.29 is 4.92 Å². The summed E-state index contributed by atoms with van der Waals surface area (Å²) in [7, 11) is 0. The third-order valence-electron chi connectivity index (χ3n) is 3.60. The Hall–Kier alpha value is -1.69. The summed E-state index contributed by atoms with van der Waals surface area (Å²) >= 11 is 0. The number of rotatable bonds is 6. The number of nitro groups is 1. The lowest BCUT2D eigenvalue weighted by Gasteiger charge is -2.20. The fourth-order valence-corrected chi connectivity index (χ4v) is 2.57. The lowest BCUT2D eigenvalue weighted by atomic mass is 10.1. The minimum absolute atomic E-state index is 0.0453. The predicted octanol–water partition coefficient (Wildman–Crippen LogP) is 2.44. The van der Waals surface area contributed by atoms with Crippen molar-refractivity contribution >= 4 is 11.5 Å². The summed E-state index contributed by atoms with van der Waals surface area (Å²) in [6.07, 6.45) is 2.57. The van der Waals surface area contributed by atoms with Gasteiger partial charge in [0, 0.05) is 24.8 Å². The highest BCUT2D eigenvalue weighted by Crippen LogP contribution is 2.22. The molecule has 6 heteroatoms. The van der Waals surface area contributed by atoms with Gasteiger partial charge in [-0.2, -0.15) is 0 Å². The van der Waals surface area contributed by atoms with Gasteiger partial charge in [0.25, 0.3) is 0 Å². The van der Waals surface area contributed by atoms with Crippen molar-refractivity contribution in [1.29, 1.82) is 0 Å². The molecule has 2 rings (SSSR count). The summed E-state index contributed by atoms with van der Waals surface area (Å²) in [5, 5.41) is 14.1. The monoisotopic (exact) mass is 278 g/mol. The van der Waals surface area contributed by atoms with Crippen LogP contribution in [0.2, 0.25) is 0 Å². The van der Waals surface area contributed by atoms with E-state index in [9.17, 15) is 10.1 Å². The minimum atomic E-state index is -0.389. The zero-order chi connectivity index (χ0) is 14.5. The van der Waals surface area contributed by atoms with Crippen LogP contribution in [0.25, 0.3) is 0 Å². The fraction of sp³-hybridized carbons (Fsp3) is 0.643. The molecule has 0 amide bonds. The highest BCUT2D eigenvalue weighted by atomic mass is 16.6. The molecule has 110 valence electrons. The lowest BCUT2D eigenvalue weighted by molar-refractivity contribution is -0.384. The van der Waals surface area contributed by atoms with Gasteiger partial charge in [-0.3, -0.25) is 10.1 Å². The second-order valence-electron chi connectivity index (χ2n) is 5.57. The first-order valence-electron chi connectivity index (χ1n) is 7.14. The van der Waals surface area contributed by atoms with Crippen molar-refractivity contribution in [3.8, 4) is 0 Å². The maximum Gasteiger partial charge on any atom is 0.311 e. The predicted molar refractivity (Wildman–Crippen MR) is 79.0 cm³/mol. The number of nitrogens with zero attached hydrogens (tertiary/aromatic N) is 3. The quantitative estimate of drug-likeness (QED) is 0.639. The lowest BCUT2D eigenvalue weighted by Crippen LogP contribution is -2.29. The first kappa shape index (κ1) is 14.7. The zero-order valence-corrected chi connectivity index (χ0v) is 12.1. The van der Waals surface area contributed by atoms with Crippen molar-refractivity contribution in [2.45, 2.75) is 26.7 Å². The van der Waals surface area contributed by atoms with E-state index >= 15 is 0 Å². The normalized spacial score (nSPS) is 17.1. The van der Waals surface area contributed by atoms with E-state index in [1.807, 2.05) is 6.92 Å². The second-order valence-corrected chi connectivity index (χ2v) is 5.57. The van der Waals surface area contributed by atoms with Crippen molar-refractivity contribution in [2.24, 2.45) is 5.92 Å². The van der Waals surface area contributed by atoms with Crippen LogP contribution in [-0.2, 0) is 0 Å². The number of pyridine rings is 1. The zero-order valence-electron chi connectivity index (χ0n) is 12.1. The van der Waals surface area contributed by atoms with Crippen molar-refractivity contribution in [1.82, 2.24) is 9.88 Å². The summed E-state index contributed by atoms with van der Waals surface area (Å²) in [5.74, 6) is 0.818. The van der Waals surface area contributed by atoms with Crippen molar-refractivity contribution in [3.05, 3.63) is 27.9 Å². The van der Waals surface area contributed by atoms with Gasteiger partial charge in [-0.25, -0.2) is 4.98 Å². The molecule has 1 aliphatic rings. The van der Waals surface area contributed by atoms with Gasteiger partial charge >= 0.3 is 5.69 Å². The van der Waals surface area contributed by atoms with E-state index in [1.54, 1.807) is 6.07 Å². The van der Waals surface area contributed by atoms with E-state index in [1.165, 1.54) is 32.0 Å². The SMILES string of the molecule is Cc1ccc([N+](=O)[O-])c(NCC(C)CN2CCCC2)n1. The van der Waals surface area contributed by atoms with Gasteiger partial charge in [0.1, 0.15) is 0 Å². The second kappa shape index (κ2) is 6.65. The molecule has 1 aliphatic heterocycles. The number of likely N-dealkylation sites (tertiary alicyclic amines) is 1. The molecule has 2 heterocycles. The first-order valence-corrected chi connectivity index (χ1v) is 7.14. The molecule has 1 unspecified atom stereocenters. The van der Waals surface area contributed by atoms with Crippen LogP contribution in [0, 0.1) is 23.0 Å². The van der Waals surface area contributed by atoms with Crippen LogP contribution in [0.4, 0.5) is 11.5 Å². The molecule has 20 heavy (non-hydrogen) atoms. The molecule has 0 spiro atoms. The Morgan fingerprint density at radius 2 is 2.15 bits per heavy atom. The Morgan fingerprint density at radius 1 is 1.45 bits per heavy atom. The molecule has 1 aromatic heterocycles. The van der Waals surface area contributed by atoms with Gasteiger partial charge in [0.05, 0.1) is 4.92 Å². The molecular formula is C14H22N4O2. The van der Waals surface area contributed by atoms with Gasteiger partial charge in [0.2, 0.25) is 5.82 Å². The molecule has 6 nitrogen and oxygen atoms in total. The fourth-order valence-electron chi connectivity index (χ4n) is 2.57. The molecule has 1 fully saturated rings. The number of aryl methyl sites for hydroxylation is 1. The molecule has 0 saturated carbocycles. The summed E-state index contributed by atoms with van der Waals surface area (Å²) in [6.45, 7) is 8.08. The third kappa shape index (κ3) is 3.90. The third-order valence-corrected chi connectivity index (χ3v) is 3.60. The molecule has 1 aromatic rings. The van der Waals surface area contributed by atoms with Gasteiger partial charge in [-0.15, -0.1) is 0 Å². The Morgan fingerprint density at radius 3 is 2.80 bits per heavy atom. The van der Waals surface area contributed by atoms with Crippen LogP contribution in [-0.4, -0.2) is 41.0 Å². The van der Waals surface area contributed by atoms with Crippen LogP contribution >= 0.6 is 0 Å². The van der Waals surface area contributed by atoms with Crippen LogP contribution in [0.5, 0.6) is 0 Å². The summed E-state index contributed by atoms with van der Waals surface area (Å²) in [6, 6.07) is 3.17. The van der Waals surface area contributed by atoms with E-state index in [4.69, 9.17) is 0 Å². The first-order chi connectivity index (χ1) is 9.56. The summed E-state index contributed by atoms with van der Waals surface area (Å²) < 4.78 is 0. The van der Waals surface area contributed by atoms with Crippen LogP contribution < -0.4 is 5.32 Å². The largest absolute Gasteiger partial charge is 0.364 e. The smallest absolute Gasteiger partial charge is 0.311 e. The maximum absolute atomic E-state index is 11.0. The van der Waals surface area contributed by atoms with Gasteiger partial charge in [0.15, 0.2) is 0 Å². The van der Waals surface area contributed by atoms with E-state index < -0.39 is 0 Å². The molecule has 1 N–H and O–H groups in total. The Labute approximate surface area is 119 Å². The van der Waals surface area contributed by atoms with Crippen LogP contribution in [0.15, 0.2) is 12.1 Å². The highest BCUT2D eigenvalue weighted by molar-refractivity contribution is 5.56. The number of aromatic nitrogens is 1. The summed E-state index contributed by atoms with van der Waals surface area (Å²) in [5.41, 5.74) is 0.828. The number of nitrogens with one attached hydrogen (secondary N) is 1. The standard InChI is InChI=1S/C14H22N4O2/c1-11(10-17-7-3-4-8-17)9-15-14-13(18(19)20)6-5-12(2)16-14/h5-6,11H,3-4,7-10H2,1-2H3,(H,15,16). The average molecular weight is 278 g/mol. The average Bonchev–Trinajstić information content (AvgIpc) is 2.89. The summed E-state index contributed by atoms with van der Waals surface area (Å²) in [4.78, 5) is 17.3. The number of hydrogen-bond donors (Lipinski definition) is 1. The van der Waals surface area contributed by atoms with Gasteiger partial charge in [-0.05, 0) is 44.8 Å². The molecule has 1 atom stereocenters. The van der Waals surface area contributed by atoms with Crippen LogP contribution in [0.1, 0.15) is 25.5 Å². The topological polar surface area (TPSA) is 71.3 Å². The van der Waals surface area contributed by atoms with E-state index in [-0.39, 0.29) is 10.6 Å². The van der Waals surface area contributed by atoms with Gasteiger partial charge < -0.3 is 10.2 Å². The molecule has 0 aliphatic carbocycles. The molecule has 0 bridgehead atoms.